The van der Waals surface area contributed by atoms with E-state index in [1.165, 1.54) is 31.9 Å². The van der Waals surface area contributed by atoms with Crippen LogP contribution in [-0.2, 0) is 10.0 Å². The first-order chi connectivity index (χ1) is 11.5. The van der Waals surface area contributed by atoms with Crippen molar-refractivity contribution in [3.05, 3.63) is 0 Å². The summed E-state index contributed by atoms with van der Waals surface area (Å²) in [6, 6.07) is 0.0264. The third-order valence-corrected chi connectivity index (χ3v) is 7.14. The maximum atomic E-state index is 11.9. The molecule has 0 amide bonds. The normalized spacial score (nSPS) is 32.2. The van der Waals surface area contributed by atoms with Crippen LogP contribution in [0.15, 0.2) is 4.99 Å². The second-order valence-electron chi connectivity index (χ2n) is 7.57. The van der Waals surface area contributed by atoms with Gasteiger partial charge in [-0.1, -0.05) is 12.8 Å². The minimum atomic E-state index is -3.12. The van der Waals surface area contributed by atoms with Gasteiger partial charge < -0.3 is 10.2 Å². The van der Waals surface area contributed by atoms with Gasteiger partial charge in [0.2, 0.25) is 10.0 Å². The highest BCUT2D eigenvalue weighted by Crippen LogP contribution is 2.36. The average Bonchev–Trinajstić information content (AvgIpc) is 3.17. The van der Waals surface area contributed by atoms with Crippen molar-refractivity contribution in [2.75, 3.05) is 39.0 Å². The molecule has 2 unspecified atom stereocenters. The number of hydrogen-bond donors (Lipinski definition) is 1. The third kappa shape index (κ3) is 4.04. The Morgan fingerprint density at radius 1 is 1.12 bits per heavy atom. The van der Waals surface area contributed by atoms with E-state index in [9.17, 15) is 8.42 Å². The Kier molecular flexibility index (Phi) is 5.70. The zero-order valence-electron chi connectivity index (χ0n) is 15.1. The summed E-state index contributed by atoms with van der Waals surface area (Å²) in [5.41, 5.74) is 0. The smallest absolute Gasteiger partial charge is 0.211 e. The van der Waals surface area contributed by atoms with Crippen molar-refractivity contribution < 1.29 is 8.42 Å². The lowest BCUT2D eigenvalue weighted by atomic mass is 9.82. The van der Waals surface area contributed by atoms with E-state index in [1.54, 1.807) is 4.31 Å². The molecule has 24 heavy (non-hydrogen) atoms. The molecule has 1 N–H and O–H groups in total. The number of hydrogen-bond acceptors (Lipinski definition) is 3. The Balaban J connectivity index is 1.66. The van der Waals surface area contributed by atoms with Gasteiger partial charge in [-0.3, -0.25) is 4.99 Å². The summed E-state index contributed by atoms with van der Waals surface area (Å²) in [5.74, 6) is 2.62. The molecule has 3 atom stereocenters. The van der Waals surface area contributed by atoms with Gasteiger partial charge in [0, 0.05) is 32.2 Å². The minimum Gasteiger partial charge on any atom is -0.357 e. The largest absolute Gasteiger partial charge is 0.357 e. The molecule has 2 heterocycles. The van der Waals surface area contributed by atoms with E-state index < -0.39 is 10.0 Å². The number of aliphatic imine (C=N–C) groups is 1. The number of guanidine groups is 1. The van der Waals surface area contributed by atoms with Crippen molar-refractivity contribution in [3.8, 4) is 0 Å². The van der Waals surface area contributed by atoms with Crippen LogP contribution < -0.4 is 5.32 Å². The molecule has 3 rings (SSSR count). The van der Waals surface area contributed by atoms with Gasteiger partial charge in [-0.2, -0.15) is 4.31 Å². The van der Waals surface area contributed by atoms with E-state index in [0.29, 0.717) is 13.1 Å². The number of rotatable bonds is 4. The number of likely N-dealkylation sites (tertiary alicyclic amines) is 1. The molecular formula is C17H32N4O2S. The summed E-state index contributed by atoms with van der Waals surface area (Å²) in [7, 11) is -3.12. The summed E-state index contributed by atoms with van der Waals surface area (Å²) in [5, 5.41) is 3.42. The standard InChI is InChI=1S/C17H32N4O2S/c1-3-18-17(20-12-14-7-4-5-8-15(14)13-20)19-11-16-9-6-10-21(16)24(2,22)23/h14-16H,3-13H2,1-2H3,(H,18,19)/t14?,15?,16-/m1/s1. The van der Waals surface area contributed by atoms with Crippen LogP contribution in [0.3, 0.4) is 0 Å². The lowest BCUT2D eigenvalue weighted by Gasteiger charge is -2.24. The predicted molar refractivity (Wildman–Crippen MR) is 97.6 cm³/mol. The fourth-order valence-electron chi connectivity index (χ4n) is 4.62. The molecule has 7 heteroatoms. The number of nitrogens with one attached hydrogen (secondary N) is 1. The molecule has 0 aromatic heterocycles. The van der Waals surface area contributed by atoms with Crippen LogP contribution in [0.25, 0.3) is 0 Å². The van der Waals surface area contributed by atoms with Crippen molar-refractivity contribution in [2.24, 2.45) is 16.8 Å². The molecule has 2 saturated heterocycles. The molecule has 0 aromatic rings. The molecule has 1 saturated carbocycles. The highest BCUT2D eigenvalue weighted by atomic mass is 32.2. The minimum absolute atomic E-state index is 0.0264. The van der Waals surface area contributed by atoms with Crippen LogP contribution in [0.5, 0.6) is 0 Å². The van der Waals surface area contributed by atoms with Gasteiger partial charge in [-0.15, -0.1) is 0 Å². The van der Waals surface area contributed by atoms with Crippen molar-refractivity contribution >= 4 is 16.0 Å². The first-order valence-corrected chi connectivity index (χ1v) is 11.3. The van der Waals surface area contributed by atoms with E-state index in [1.807, 2.05) is 0 Å². The van der Waals surface area contributed by atoms with Crippen LogP contribution in [0.4, 0.5) is 0 Å². The molecular weight excluding hydrogens is 324 g/mol. The SMILES string of the molecule is CCNC(=NC[C@H]1CCCN1S(C)(=O)=O)N1CC2CCCCC2C1. The zero-order chi connectivity index (χ0) is 17.2. The Morgan fingerprint density at radius 2 is 1.79 bits per heavy atom. The number of nitrogens with zero attached hydrogens (tertiary/aromatic N) is 3. The Labute approximate surface area is 146 Å². The maximum Gasteiger partial charge on any atom is 0.211 e. The van der Waals surface area contributed by atoms with Crippen LogP contribution >= 0.6 is 0 Å². The van der Waals surface area contributed by atoms with Crippen LogP contribution in [0, 0.1) is 11.8 Å². The first-order valence-electron chi connectivity index (χ1n) is 9.49. The predicted octanol–water partition coefficient (Wildman–Crippen LogP) is 1.50. The van der Waals surface area contributed by atoms with Crippen LogP contribution in [-0.4, -0.2) is 68.6 Å². The summed E-state index contributed by atoms with van der Waals surface area (Å²) < 4.78 is 25.4. The fraction of sp³-hybridized carbons (Fsp3) is 0.941. The van der Waals surface area contributed by atoms with Crippen molar-refractivity contribution in [1.29, 1.82) is 0 Å². The summed E-state index contributed by atoms with van der Waals surface area (Å²) >= 11 is 0. The van der Waals surface area contributed by atoms with Crippen molar-refractivity contribution in [3.63, 3.8) is 0 Å². The van der Waals surface area contributed by atoms with Gasteiger partial charge in [-0.25, -0.2) is 8.42 Å². The van der Waals surface area contributed by atoms with Gasteiger partial charge in [0.1, 0.15) is 0 Å². The topological polar surface area (TPSA) is 65.0 Å². The molecule has 1 aliphatic carbocycles. The summed E-state index contributed by atoms with van der Waals surface area (Å²) in [4.78, 5) is 7.23. The quantitative estimate of drug-likeness (QED) is 0.612. The van der Waals surface area contributed by atoms with Gasteiger partial charge in [0.15, 0.2) is 5.96 Å². The molecule has 3 aliphatic rings. The van der Waals surface area contributed by atoms with E-state index in [2.05, 4.69) is 17.1 Å². The molecule has 6 nitrogen and oxygen atoms in total. The number of sulfonamides is 1. The van der Waals surface area contributed by atoms with E-state index >= 15 is 0 Å². The van der Waals surface area contributed by atoms with Crippen LogP contribution in [0.1, 0.15) is 45.4 Å². The van der Waals surface area contributed by atoms with Gasteiger partial charge in [-0.05, 0) is 44.4 Å². The first kappa shape index (κ1) is 18.0. The van der Waals surface area contributed by atoms with E-state index in [0.717, 1.165) is 50.3 Å². The molecule has 0 radical (unpaired) electrons. The number of fused-ring (bicyclic) bond motifs is 1. The van der Waals surface area contributed by atoms with Gasteiger partial charge in [0.05, 0.1) is 12.8 Å². The molecule has 138 valence electrons. The molecule has 0 bridgehead atoms. The average molecular weight is 357 g/mol. The maximum absolute atomic E-state index is 11.9. The Hall–Kier alpha value is -0.820. The summed E-state index contributed by atoms with van der Waals surface area (Å²) in [6.45, 7) is 6.38. The van der Waals surface area contributed by atoms with Gasteiger partial charge in [0.25, 0.3) is 0 Å². The monoisotopic (exact) mass is 356 g/mol. The van der Waals surface area contributed by atoms with Crippen molar-refractivity contribution in [1.82, 2.24) is 14.5 Å². The second kappa shape index (κ2) is 7.60. The van der Waals surface area contributed by atoms with Crippen LogP contribution in [0.2, 0.25) is 0 Å². The van der Waals surface area contributed by atoms with E-state index in [-0.39, 0.29) is 6.04 Å². The highest BCUT2D eigenvalue weighted by molar-refractivity contribution is 7.88. The molecule has 3 fully saturated rings. The second-order valence-corrected chi connectivity index (χ2v) is 9.51. The molecule has 2 aliphatic heterocycles. The lowest BCUT2D eigenvalue weighted by Crippen LogP contribution is -2.42. The van der Waals surface area contributed by atoms with E-state index in [4.69, 9.17) is 4.99 Å². The fourth-order valence-corrected chi connectivity index (χ4v) is 5.80. The Morgan fingerprint density at radius 3 is 2.38 bits per heavy atom. The molecule has 0 spiro atoms. The zero-order valence-corrected chi connectivity index (χ0v) is 15.9. The summed E-state index contributed by atoms with van der Waals surface area (Å²) in [6.07, 6.45) is 8.61. The Bertz CT molecular complexity index is 549. The molecule has 0 aromatic carbocycles. The third-order valence-electron chi connectivity index (χ3n) is 5.81. The van der Waals surface area contributed by atoms with Gasteiger partial charge >= 0.3 is 0 Å². The van der Waals surface area contributed by atoms with Crippen molar-refractivity contribution in [2.45, 2.75) is 51.5 Å². The highest BCUT2D eigenvalue weighted by Gasteiger charge is 2.36. The lowest BCUT2D eigenvalue weighted by molar-refractivity contribution is 0.299.